The highest BCUT2D eigenvalue weighted by Gasteiger charge is 2.30. The zero-order valence-electron chi connectivity index (χ0n) is 18.4. The van der Waals surface area contributed by atoms with Crippen LogP contribution in [0.5, 0.6) is 5.75 Å². The van der Waals surface area contributed by atoms with Gasteiger partial charge in [-0.3, -0.25) is 4.79 Å². The van der Waals surface area contributed by atoms with E-state index < -0.39 is 11.7 Å². The van der Waals surface area contributed by atoms with E-state index in [-0.39, 0.29) is 43.0 Å². The fourth-order valence-corrected chi connectivity index (χ4v) is 2.74. The van der Waals surface area contributed by atoms with E-state index in [1.165, 1.54) is 11.0 Å². The Morgan fingerprint density at radius 2 is 1.81 bits per heavy atom. The number of ether oxygens (including phenoxy) is 1. The quantitative estimate of drug-likeness (QED) is 0.304. The van der Waals surface area contributed by atoms with Gasteiger partial charge in [0.2, 0.25) is 5.91 Å². The average Bonchev–Trinajstić information content (AvgIpc) is 2.72. The minimum atomic E-state index is -4.41. The summed E-state index contributed by atoms with van der Waals surface area (Å²) < 4.78 is 44.1. The number of likely N-dealkylation sites (N-methyl/N-ethyl adjacent to an activating group) is 1. The highest BCUT2D eigenvalue weighted by molar-refractivity contribution is 14.0. The number of halogens is 4. The van der Waals surface area contributed by atoms with Gasteiger partial charge in [-0.1, -0.05) is 18.2 Å². The molecule has 0 saturated carbocycles. The number of hydrogen-bond acceptors (Lipinski definition) is 3. The summed E-state index contributed by atoms with van der Waals surface area (Å²) in [5, 5.41) is 5.92. The summed E-state index contributed by atoms with van der Waals surface area (Å²) in [5.74, 6) is 0.860. The van der Waals surface area contributed by atoms with Crippen molar-refractivity contribution in [2.24, 2.45) is 4.99 Å². The van der Waals surface area contributed by atoms with Crippen LogP contribution in [0.15, 0.2) is 47.5 Å². The third kappa shape index (κ3) is 8.93. The number of aliphatic imine (C=N–C) groups is 1. The lowest BCUT2D eigenvalue weighted by Gasteiger charge is -2.16. The number of methoxy groups -OCH3 is 1. The first-order valence-corrected chi connectivity index (χ1v) is 9.61. The molecule has 6 nitrogen and oxygen atoms in total. The van der Waals surface area contributed by atoms with Crippen LogP contribution in [0, 0.1) is 6.92 Å². The monoisotopic (exact) mass is 564 g/mol. The second kappa shape index (κ2) is 12.5. The molecule has 2 rings (SSSR count). The van der Waals surface area contributed by atoms with Gasteiger partial charge in [-0.2, -0.15) is 13.2 Å². The summed E-state index contributed by atoms with van der Waals surface area (Å²) >= 11 is 0. The molecule has 0 unspecified atom stereocenters. The van der Waals surface area contributed by atoms with Crippen LogP contribution >= 0.6 is 24.0 Å². The molecule has 0 aliphatic heterocycles. The molecule has 0 aromatic heterocycles. The number of aryl methyl sites for hydroxylation is 1. The third-order valence-corrected chi connectivity index (χ3v) is 4.39. The molecule has 0 aliphatic rings. The fourth-order valence-electron chi connectivity index (χ4n) is 2.74. The second-order valence-corrected chi connectivity index (χ2v) is 7.22. The van der Waals surface area contributed by atoms with E-state index in [0.29, 0.717) is 23.8 Å². The Morgan fingerprint density at radius 1 is 1.09 bits per heavy atom. The van der Waals surface area contributed by atoms with Crippen molar-refractivity contribution in [2.75, 3.05) is 27.7 Å². The maximum atomic E-state index is 12.9. The second-order valence-electron chi connectivity index (χ2n) is 7.22. The Hall–Kier alpha value is -2.50. The molecule has 0 spiro atoms. The molecule has 10 heteroatoms. The molecule has 0 saturated heterocycles. The predicted octanol–water partition coefficient (Wildman–Crippen LogP) is 3.96. The first kappa shape index (κ1) is 27.5. The molecule has 0 heterocycles. The molecule has 2 N–H and O–H groups in total. The van der Waals surface area contributed by atoms with Crippen LogP contribution in [0.3, 0.4) is 0 Å². The Kier molecular flexibility index (Phi) is 10.8. The minimum Gasteiger partial charge on any atom is -0.497 e. The average molecular weight is 564 g/mol. The standard InChI is InChI=1S/C22H27F3N4O2.HI/c1-15-8-17(11-19(9-15)31-4)13-27-21(28-14-20(30)29(2)3)26-12-16-6-5-7-18(10-16)22(23,24)25;/h5-11H,12-14H2,1-4H3,(H2,26,27,28);1H. The molecule has 32 heavy (non-hydrogen) atoms. The van der Waals surface area contributed by atoms with Crippen molar-refractivity contribution in [1.82, 2.24) is 15.5 Å². The number of nitrogens with zero attached hydrogens (tertiary/aromatic N) is 2. The number of hydrogen-bond donors (Lipinski definition) is 2. The van der Waals surface area contributed by atoms with Gasteiger partial charge in [-0.25, -0.2) is 4.99 Å². The topological polar surface area (TPSA) is 66.0 Å². The van der Waals surface area contributed by atoms with E-state index in [9.17, 15) is 18.0 Å². The summed E-state index contributed by atoms with van der Waals surface area (Å²) in [5.41, 5.74) is 1.64. The molecule has 2 aromatic carbocycles. The summed E-state index contributed by atoms with van der Waals surface area (Å²) in [4.78, 5) is 17.8. The molecule has 0 aliphatic carbocycles. The summed E-state index contributed by atoms with van der Waals surface area (Å²) in [6.07, 6.45) is -4.41. The highest BCUT2D eigenvalue weighted by atomic mass is 127. The van der Waals surface area contributed by atoms with Crippen LogP contribution in [0.25, 0.3) is 0 Å². The lowest BCUT2D eigenvalue weighted by Crippen LogP contribution is -2.42. The zero-order chi connectivity index (χ0) is 23.0. The van der Waals surface area contributed by atoms with Gasteiger partial charge in [0.15, 0.2) is 5.96 Å². The van der Waals surface area contributed by atoms with Gasteiger partial charge in [-0.05, 0) is 47.9 Å². The van der Waals surface area contributed by atoms with Gasteiger partial charge in [0.25, 0.3) is 0 Å². The van der Waals surface area contributed by atoms with E-state index in [1.54, 1.807) is 27.3 Å². The largest absolute Gasteiger partial charge is 0.497 e. The lowest BCUT2D eigenvalue weighted by molar-refractivity contribution is -0.137. The summed E-state index contributed by atoms with van der Waals surface area (Å²) in [6.45, 7) is 2.35. The van der Waals surface area contributed by atoms with E-state index in [0.717, 1.165) is 23.3 Å². The van der Waals surface area contributed by atoms with E-state index in [4.69, 9.17) is 4.74 Å². The van der Waals surface area contributed by atoms with Crippen LogP contribution in [0.2, 0.25) is 0 Å². The van der Waals surface area contributed by atoms with E-state index >= 15 is 0 Å². The predicted molar refractivity (Wildman–Crippen MR) is 129 cm³/mol. The Morgan fingerprint density at radius 3 is 2.44 bits per heavy atom. The molecule has 0 bridgehead atoms. The van der Waals surface area contributed by atoms with Crippen molar-refractivity contribution in [2.45, 2.75) is 26.2 Å². The smallest absolute Gasteiger partial charge is 0.416 e. The number of alkyl halides is 3. The molecular formula is C22H28F3IN4O2. The van der Waals surface area contributed by atoms with Gasteiger partial charge >= 0.3 is 6.18 Å². The van der Waals surface area contributed by atoms with Crippen LogP contribution in [0.4, 0.5) is 13.2 Å². The maximum Gasteiger partial charge on any atom is 0.416 e. The van der Waals surface area contributed by atoms with Crippen LogP contribution in [0.1, 0.15) is 22.3 Å². The molecule has 2 aromatic rings. The molecule has 176 valence electrons. The fraction of sp³-hybridized carbons (Fsp3) is 0.364. The number of nitrogens with one attached hydrogen (secondary N) is 2. The van der Waals surface area contributed by atoms with Crippen LogP contribution < -0.4 is 15.4 Å². The Labute approximate surface area is 203 Å². The molecule has 0 fully saturated rings. The number of carbonyl (C=O) groups is 1. The van der Waals surface area contributed by atoms with Gasteiger partial charge in [0.1, 0.15) is 5.75 Å². The lowest BCUT2D eigenvalue weighted by atomic mass is 10.1. The molecule has 0 atom stereocenters. The third-order valence-electron chi connectivity index (χ3n) is 4.39. The van der Waals surface area contributed by atoms with Gasteiger partial charge < -0.3 is 20.3 Å². The Balaban J connectivity index is 0.00000512. The van der Waals surface area contributed by atoms with E-state index in [2.05, 4.69) is 15.6 Å². The SMILES string of the molecule is COc1cc(C)cc(CN=C(NCC(=O)N(C)C)NCc2cccc(C(F)(F)F)c2)c1.I. The van der Waals surface area contributed by atoms with Gasteiger partial charge in [0.05, 0.1) is 25.8 Å². The van der Waals surface area contributed by atoms with Crippen LogP contribution in [-0.4, -0.2) is 44.5 Å². The molecule has 1 amide bonds. The van der Waals surface area contributed by atoms with E-state index in [1.807, 2.05) is 25.1 Å². The highest BCUT2D eigenvalue weighted by Crippen LogP contribution is 2.29. The molecular weight excluding hydrogens is 536 g/mol. The van der Waals surface area contributed by atoms with Crippen molar-refractivity contribution in [3.63, 3.8) is 0 Å². The number of rotatable bonds is 7. The van der Waals surface area contributed by atoms with Crippen molar-refractivity contribution >= 4 is 35.8 Å². The number of benzene rings is 2. The first-order chi connectivity index (χ1) is 14.6. The number of amides is 1. The van der Waals surface area contributed by atoms with Crippen molar-refractivity contribution < 1.29 is 22.7 Å². The van der Waals surface area contributed by atoms with Crippen molar-refractivity contribution in [3.05, 3.63) is 64.7 Å². The Bertz CT molecular complexity index is 934. The summed E-state index contributed by atoms with van der Waals surface area (Å²) in [6, 6.07) is 10.8. The number of guanidine groups is 1. The molecule has 0 radical (unpaired) electrons. The maximum absolute atomic E-state index is 12.9. The van der Waals surface area contributed by atoms with Crippen molar-refractivity contribution in [3.8, 4) is 5.75 Å². The van der Waals surface area contributed by atoms with Gasteiger partial charge in [-0.15, -0.1) is 24.0 Å². The summed E-state index contributed by atoms with van der Waals surface area (Å²) in [7, 11) is 4.85. The van der Waals surface area contributed by atoms with Gasteiger partial charge in [0, 0.05) is 20.6 Å². The normalized spacial score (nSPS) is 11.4. The van der Waals surface area contributed by atoms with Crippen LogP contribution in [-0.2, 0) is 24.1 Å². The first-order valence-electron chi connectivity index (χ1n) is 9.61. The van der Waals surface area contributed by atoms with Crippen molar-refractivity contribution in [1.29, 1.82) is 0 Å². The number of carbonyl (C=O) groups excluding carboxylic acids is 1. The zero-order valence-corrected chi connectivity index (χ0v) is 20.7. The minimum absolute atomic E-state index is 0.